The van der Waals surface area contributed by atoms with E-state index < -0.39 is 17.3 Å². The quantitative estimate of drug-likeness (QED) is 0.802. The van der Waals surface area contributed by atoms with Crippen molar-refractivity contribution in [3.8, 4) is 17.5 Å². The molecule has 2 aromatic rings. The highest BCUT2D eigenvalue weighted by molar-refractivity contribution is 5.90. The molecular formula is C22H24FN3O3. The minimum absolute atomic E-state index is 0.261. The van der Waals surface area contributed by atoms with E-state index in [4.69, 9.17) is 4.74 Å². The Bertz CT molecular complexity index is 1020. The average Bonchev–Trinajstić information content (AvgIpc) is 3.38. The van der Waals surface area contributed by atoms with Gasteiger partial charge < -0.3 is 14.7 Å². The van der Waals surface area contributed by atoms with Gasteiger partial charge in [-0.15, -0.1) is 0 Å². The van der Waals surface area contributed by atoms with Gasteiger partial charge in [-0.2, -0.15) is 5.10 Å². The molecule has 1 amide bonds. The van der Waals surface area contributed by atoms with Crippen LogP contribution >= 0.6 is 0 Å². The van der Waals surface area contributed by atoms with Crippen molar-refractivity contribution in [2.45, 2.75) is 44.8 Å². The Morgan fingerprint density at radius 1 is 1.38 bits per heavy atom. The van der Waals surface area contributed by atoms with Crippen molar-refractivity contribution in [1.82, 2.24) is 14.7 Å². The SMILES string of the molecule is CCOCc1nn(-c2cc(C#CC3(O)CCN(C)C3=O)ccc2F)c2c1CCC2. The molecule has 6 nitrogen and oxygen atoms in total. The summed E-state index contributed by atoms with van der Waals surface area (Å²) in [5, 5.41) is 15.1. The zero-order valence-electron chi connectivity index (χ0n) is 16.7. The third kappa shape index (κ3) is 3.54. The molecule has 0 saturated carbocycles. The van der Waals surface area contributed by atoms with Gasteiger partial charge in [0.05, 0.1) is 12.3 Å². The summed E-state index contributed by atoms with van der Waals surface area (Å²) in [5.74, 6) is 4.72. The van der Waals surface area contributed by atoms with E-state index in [9.17, 15) is 14.3 Å². The number of benzene rings is 1. The van der Waals surface area contributed by atoms with Gasteiger partial charge in [-0.25, -0.2) is 9.07 Å². The van der Waals surface area contributed by atoms with Crippen LogP contribution < -0.4 is 0 Å². The summed E-state index contributed by atoms with van der Waals surface area (Å²) in [5.41, 5.74) is 2.16. The van der Waals surface area contributed by atoms with Crippen LogP contribution in [0.2, 0.25) is 0 Å². The van der Waals surface area contributed by atoms with Crippen LogP contribution in [0, 0.1) is 17.7 Å². The Labute approximate surface area is 169 Å². The van der Waals surface area contributed by atoms with E-state index in [1.165, 1.54) is 11.0 Å². The number of ether oxygens (including phenoxy) is 1. The Hall–Kier alpha value is -2.69. The number of hydrogen-bond acceptors (Lipinski definition) is 4. The Kier molecular flexibility index (Phi) is 5.15. The zero-order chi connectivity index (χ0) is 20.6. The molecule has 1 aromatic carbocycles. The molecule has 2 heterocycles. The maximum atomic E-state index is 14.7. The number of fused-ring (bicyclic) bond motifs is 1. The van der Waals surface area contributed by atoms with Crippen LogP contribution in [-0.2, 0) is 29.0 Å². The fourth-order valence-electron chi connectivity index (χ4n) is 3.93. The van der Waals surface area contributed by atoms with Crippen LogP contribution in [0.1, 0.15) is 42.3 Å². The maximum absolute atomic E-state index is 14.7. The molecule has 1 aromatic heterocycles. The van der Waals surface area contributed by atoms with Crippen LogP contribution in [-0.4, -0.2) is 51.5 Å². The number of carbonyl (C=O) groups excluding carboxylic acids is 1. The number of nitrogens with zero attached hydrogens (tertiary/aromatic N) is 3. The number of likely N-dealkylation sites (N-methyl/N-ethyl adjacent to an activating group) is 1. The van der Waals surface area contributed by atoms with Crippen molar-refractivity contribution >= 4 is 5.91 Å². The number of aromatic nitrogens is 2. The molecule has 152 valence electrons. The van der Waals surface area contributed by atoms with Gasteiger partial charge in [0.2, 0.25) is 5.60 Å². The van der Waals surface area contributed by atoms with Gasteiger partial charge in [-0.05, 0) is 49.9 Å². The van der Waals surface area contributed by atoms with Crippen molar-refractivity contribution in [2.75, 3.05) is 20.2 Å². The molecule has 4 rings (SSSR count). The largest absolute Gasteiger partial charge is 0.375 e. The topological polar surface area (TPSA) is 67.6 Å². The number of likely N-dealkylation sites (tertiary alicyclic amines) is 1. The molecule has 0 radical (unpaired) electrons. The lowest BCUT2D eigenvalue weighted by Gasteiger charge is -2.13. The molecule has 1 aliphatic heterocycles. The summed E-state index contributed by atoms with van der Waals surface area (Å²) in [6.07, 6.45) is 3.03. The van der Waals surface area contributed by atoms with E-state index in [1.807, 2.05) is 6.92 Å². The molecule has 0 spiro atoms. The smallest absolute Gasteiger partial charge is 0.267 e. The summed E-state index contributed by atoms with van der Waals surface area (Å²) in [7, 11) is 1.64. The third-order valence-electron chi connectivity index (χ3n) is 5.55. The number of aliphatic hydroxyl groups is 1. The standard InChI is InChI=1S/C22H24FN3O3/c1-3-29-14-18-16-5-4-6-19(16)26(24-18)20-13-15(7-8-17(20)23)9-10-22(28)11-12-25(2)21(22)27/h7-8,13,28H,3-6,11-12,14H2,1-2H3. The molecule has 2 aliphatic rings. The van der Waals surface area contributed by atoms with Gasteiger partial charge in [-0.3, -0.25) is 4.79 Å². The van der Waals surface area contributed by atoms with Crippen LogP contribution in [0.4, 0.5) is 4.39 Å². The second-order valence-corrected chi connectivity index (χ2v) is 7.53. The molecule has 1 N–H and O–H groups in total. The molecule has 1 fully saturated rings. The summed E-state index contributed by atoms with van der Waals surface area (Å²) in [6.45, 7) is 3.40. The lowest BCUT2D eigenvalue weighted by atomic mass is 10.0. The highest BCUT2D eigenvalue weighted by Crippen LogP contribution is 2.29. The van der Waals surface area contributed by atoms with E-state index in [1.54, 1.807) is 23.9 Å². The van der Waals surface area contributed by atoms with Gasteiger partial charge in [0, 0.05) is 37.9 Å². The van der Waals surface area contributed by atoms with Crippen LogP contribution in [0.3, 0.4) is 0 Å². The number of rotatable bonds is 4. The summed E-state index contributed by atoms with van der Waals surface area (Å²) < 4.78 is 21.8. The van der Waals surface area contributed by atoms with E-state index in [-0.39, 0.29) is 6.42 Å². The van der Waals surface area contributed by atoms with Crippen LogP contribution in [0.15, 0.2) is 18.2 Å². The summed E-state index contributed by atoms with van der Waals surface area (Å²) in [6, 6.07) is 4.51. The van der Waals surface area contributed by atoms with Gasteiger partial charge in [0.25, 0.3) is 5.91 Å². The second kappa shape index (κ2) is 7.62. The fourth-order valence-corrected chi connectivity index (χ4v) is 3.93. The normalized spacial score (nSPS) is 20.7. The van der Waals surface area contributed by atoms with E-state index >= 15 is 0 Å². The number of amides is 1. The first-order valence-electron chi connectivity index (χ1n) is 9.91. The van der Waals surface area contributed by atoms with Crippen molar-refractivity contribution in [1.29, 1.82) is 0 Å². The van der Waals surface area contributed by atoms with Crippen molar-refractivity contribution in [3.05, 3.63) is 46.5 Å². The lowest BCUT2D eigenvalue weighted by molar-refractivity contribution is -0.137. The molecule has 29 heavy (non-hydrogen) atoms. The summed E-state index contributed by atoms with van der Waals surface area (Å²) >= 11 is 0. The highest BCUT2D eigenvalue weighted by Gasteiger charge is 2.42. The minimum atomic E-state index is -1.68. The maximum Gasteiger partial charge on any atom is 0.267 e. The fraction of sp³-hybridized carbons (Fsp3) is 0.455. The van der Waals surface area contributed by atoms with Crippen LogP contribution in [0.25, 0.3) is 5.69 Å². The minimum Gasteiger partial charge on any atom is -0.375 e. The first-order chi connectivity index (χ1) is 13.9. The zero-order valence-corrected chi connectivity index (χ0v) is 16.7. The third-order valence-corrected chi connectivity index (χ3v) is 5.55. The van der Waals surface area contributed by atoms with E-state index in [0.717, 1.165) is 36.2 Å². The molecule has 7 heteroatoms. The highest BCUT2D eigenvalue weighted by atomic mass is 19.1. The van der Waals surface area contributed by atoms with Gasteiger partial charge in [-0.1, -0.05) is 11.8 Å². The van der Waals surface area contributed by atoms with Crippen LogP contribution in [0.5, 0.6) is 0 Å². The van der Waals surface area contributed by atoms with Crippen molar-refractivity contribution in [2.24, 2.45) is 0 Å². The molecule has 1 saturated heterocycles. The van der Waals surface area contributed by atoms with E-state index in [0.29, 0.717) is 31.0 Å². The van der Waals surface area contributed by atoms with Gasteiger partial charge in [0.1, 0.15) is 11.5 Å². The monoisotopic (exact) mass is 397 g/mol. The molecule has 1 unspecified atom stereocenters. The number of halogens is 1. The van der Waals surface area contributed by atoms with Crippen molar-refractivity contribution in [3.63, 3.8) is 0 Å². The molecular weight excluding hydrogens is 373 g/mol. The Morgan fingerprint density at radius 2 is 2.21 bits per heavy atom. The van der Waals surface area contributed by atoms with E-state index in [2.05, 4.69) is 16.9 Å². The second-order valence-electron chi connectivity index (χ2n) is 7.53. The molecule has 0 bridgehead atoms. The average molecular weight is 397 g/mol. The number of hydrogen-bond donors (Lipinski definition) is 1. The Balaban J connectivity index is 1.69. The molecule has 1 aliphatic carbocycles. The first kappa shape index (κ1) is 19.6. The first-order valence-corrected chi connectivity index (χ1v) is 9.91. The van der Waals surface area contributed by atoms with Gasteiger partial charge in [0.15, 0.2) is 0 Å². The predicted molar refractivity (Wildman–Crippen MR) is 105 cm³/mol. The number of carbonyl (C=O) groups is 1. The predicted octanol–water partition coefficient (Wildman–Crippen LogP) is 1.98. The van der Waals surface area contributed by atoms with Crippen molar-refractivity contribution < 1.29 is 19.0 Å². The lowest BCUT2D eigenvalue weighted by Crippen LogP contribution is -2.37. The van der Waals surface area contributed by atoms with Gasteiger partial charge >= 0.3 is 0 Å². The summed E-state index contributed by atoms with van der Waals surface area (Å²) in [4.78, 5) is 13.6. The Morgan fingerprint density at radius 3 is 2.93 bits per heavy atom. The molecule has 1 atom stereocenters.